The second-order valence-corrected chi connectivity index (χ2v) is 6.85. The first kappa shape index (κ1) is 20.5. The van der Waals surface area contributed by atoms with Crippen LogP contribution in [0.5, 0.6) is 11.5 Å². The number of hydrogen-bond acceptors (Lipinski definition) is 5. The minimum absolute atomic E-state index is 0.258. The van der Waals surface area contributed by atoms with Crippen molar-refractivity contribution in [3.8, 4) is 11.5 Å². The number of nitrogens with zero attached hydrogens (tertiary/aromatic N) is 1. The highest BCUT2D eigenvalue weighted by atomic mass is 16.5. The summed E-state index contributed by atoms with van der Waals surface area (Å²) in [6.07, 6.45) is 2.89. The average molecular weight is 395 g/mol. The Morgan fingerprint density at radius 2 is 1.83 bits per heavy atom. The van der Waals surface area contributed by atoms with Gasteiger partial charge < -0.3 is 19.1 Å². The third kappa shape index (κ3) is 5.85. The summed E-state index contributed by atoms with van der Waals surface area (Å²) in [5, 5.41) is 0. The van der Waals surface area contributed by atoms with Crippen LogP contribution in [0, 0.1) is 0 Å². The van der Waals surface area contributed by atoms with Crippen molar-refractivity contribution in [3.05, 3.63) is 65.7 Å². The fourth-order valence-corrected chi connectivity index (χ4v) is 2.96. The summed E-state index contributed by atoms with van der Waals surface area (Å²) >= 11 is 0. The molecule has 2 aromatic rings. The molecule has 1 amide bonds. The van der Waals surface area contributed by atoms with Gasteiger partial charge in [0, 0.05) is 26.1 Å². The summed E-state index contributed by atoms with van der Waals surface area (Å²) in [5.41, 5.74) is 1.79. The lowest BCUT2D eigenvalue weighted by molar-refractivity contribution is -0.154. The molecule has 0 N–H and O–H groups in total. The van der Waals surface area contributed by atoms with Crippen LogP contribution in [0.25, 0.3) is 6.08 Å². The van der Waals surface area contributed by atoms with E-state index < -0.39 is 12.1 Å². The molecule has 0 radical (unpaired) electrons. The standard InChI is InChI=1S/C23H25NO5/c1-17(23(26)24(2)16-19-7-4-3-5-8-19)29-22(25)12-10-18-9-11-20-21(15-18)28-14-6-13-27-20/h3-5,7-12,15,17H,6,13-14,16H2,1-2H3/b12-10+/t17-/m1/s1. The topological polar surface area (TPSA) is 65.1 Å². The van der Waals surface area contributed by atoms with Crippen LogP contribution < -0.4 is 9.47 Å². The highest BCUT2D eigenvalue weighted by molar-refractivity contribution is 5.90. The van der Waals surface area contributed by atoms with Gasteiger partial charge in [-0.1, -0.05) is 36.4 Å². The largest absolute Gasteiger partial charge is 0.490 e. The molecule has 0 bridgehead atoms. The van der Waals surface area contributed by atoms with Gasteiger partial charge in [0.2, 0.25) is 0 Å². The molecule has 152 valence electrons. The molecular formula is C23H25NO5. The van der Waals surface area contributed by atoms with Crippen LogP contribution in [-0.2, 0) is 20.9 Å². The van der Waals surface area contributed by atoms with Crippen LogP contribution in [0.15, 0.2) is 54.6 Å². The lowest BCUT2D eigenvalue weighted by atomic mass is 10.2. The third-order valence-electron chi connectivity index (χ3n) is 4.46. The van der Waals surface area contributed by atoms with Gasteiger partial charge in [0.05, 0.1) is 13.2 Å². The van der Waals surface area contributed by atoms with E-state index in [0.29, 0.717) is 31.3 Å². The fourth-order valence-electron chi connectivity index (χ4n) is 2.96. The highest BCUT2D eigenvalue weighted by Gasteiger charge is 2.20. The van der Waals surface area contributed by atoms with Crippen LogP contribution in [0.3, 0.4) is 0 Å². The molecule has 6 nitrogen and oxygen atoms in total. The second kappa shape index (κ2) is 9.78. The number of benzene rings is 2. The van der Waals surface area contributed by atoms with Gasteiger partial charge in [0.25, 0.3) is 5.91 Å². The Hall–Kier alpha value is -3.28. The van der Waals surface area contributed by atoms with Gasteiger partial charge in [0.1, 0.15) is 0 Å². The molecule has 0 fully saturated rings. The van der Waals surface area contributed by atoms with Gasteiger partial charge >= 0.3 is 5.97 Å². The normalized spacial score (nSPS) is 14.1. The average Bonchev–Trinajstić information content (AvgIpc) is 2.97. The monoisotopic (exact) mass is 395 g/mol. The Bertz CT molecular complexity index is 878. The maximum atomic E-state index is 12.4. The zero-order valence-corrected chi connectivity index (χ0v) is 16.7. The molecule has 0 aliphatic carbocycles. The number of hydrogen-bond donors (Lipinski definition) is 0. The van der Waals surface area contributed by atoms with Crippen molar-refractivity contribution >= 4 is 18.0 Å². The molecule has 1 atom stereocenters. The molecule has 0 saturated carbocycles. The van der Waals surface area contributed by atoms with E-state index in [9.17, 15) is 9.59 Å². The Balaban J connectivity index is 1.54. The SMILES string of the molecule is C[C@@H](OC(=O)/C=C/c1ccc2c(c1)OCCCO2)C(=O)N(C)Cc1ccccc1. The first-order valence-corrected chi connectivity index (χ1v) is 9.60. The van der Waals surface area contributed by atoms with E-state index >= 15 is 0 Å². The summed E-state index contributed by atoms with van der Waals surface area (Å²) in [6, 6.07) is 15.1. The summed E-state index contributed by atoms with van der Waals surface area (Å²) in [4.78, 5) is 26.1. The zero-order chi connectivity index (χ0) is 20.6. The van der Waals surface area contributed by atoms with E-state index in [-0.39, 0.29) is 5.91 Å². The molecule has 3 rings (SSSR count). The van der Waals surface area contributed by atoms with Crippen molar-refractivity contribution in [2.45, 2.75) is 26.0 Å². The predicted molar refractivity (Wildman–Crippen MR) is 110 cm³/mol. The Morgan fingerprint density at radius 3 is 2.59 bits per heavy atom. The quantitative estimate of drug-likeness (QED) is 0.554. The Morgan fingerprint density at radius 1 is 1.10 bits per heavy atom. The van der Waals surface area contributed by atoms with Gasteiger partial charge in [0.15, 0.2) is 17.6 Å². The van der Waals surface area contributed by atoms with Crippen LogP contribution >= 0.6 is 0 Å². The lowest BCUT2D eigenvalue weighted by Crippen LogP contribution is -2.36. The lowest BCUT2D eigenvalue weighted by Gasteiger charge is -2.21. The third-order valence-corrected chi connectivity index (χ3v) is 4.46. The molecule has 1 aliphatic rings. The molecule has 1 aliphatic heterocycles. The van der Waals surface area contributed by atoms with E-state index in [1.807, 2.05) is 48.5 Å². The molecular weight excluding hydrogens is 370 g/mol. The number of ether oxygens (including phenoxy) is 3. The molecule has 29 heavy (non-hydrogen) atoms. The first-order valence-electron chi connectivity index (χ1n) is 9.60. The van der Waals surface area contributed by atoms with Crippen molar-refractivity contribution in [1.82, 2.24) is 4.90 Å². The van der Waals surface area contributed by atoms with Crippen LogP contribution in [0.4, 0.5) is 0 Å². The van der Waals surface area contributed by atoms with Gasteiger partial charge in [-0.05, 0) is 36.3 Å². The van der Waals surface area contributed by atoms with Crippen molar-refractivity contribution in [1.29, 1.82) is 0 Å². The number of esters is 1. The van der Waals surface area contributed by atoms with E-state index in [2.05, 4.69) is 0 Å². The summed E-state index contributed by atoms with van der Waals surface area (Å²) in [6.45, 7) is 3.25. The van der Waals surface area contributed by atoms with Gasteiger partial charge in [-0.15, -0.1) is 0 Å². The molecule has 1 heterocycles. The first-order chi connectivity index (χ1) is 14.0. The van der Waals surface area contributed by atoms with E-state index in [4.69, 9.17) is 14.2 Å². The predicted octanol–water partition coefficient (Wildman–Crippen LogP) is 3.45. The number of fused-ring (bicyclic) bond motifs is 1. The summed E-state index contributed by atoms with van der Waals surface area (Å²) in [5.74, 6) is 0.518. The van der Waals surface area contributed by atoms with Crippen molar-refractivity contribution in [3.63, 3.8) is 0 Å². The van der Waals surface area contributed by atoms with Crippen molar-refractivity contribution < 1.29 is 23.8 Å². The van der Waals surface area contributed by atoms with Crippen LogP contribution in [0.1, 0.15) is 24.5 Å². The molecule has 0 aromatic heterocycles. The molecule has 0 spiro atoms. The molecule has 2 aromatic carbocycles. The number of rotatable bonds is 6. The van der Waals surface area contributed by atoms with Gasteiger partial charge in [-0.25, -0.2) is 4.79 Å². The number of carbonyl (C=O) groups is 2. The molecule has 0 saturated heterocycles. The van der Waals surface area contributed by atoms with Crippen LogP contribution in [0.2, 0.25) is 0 Å². The maximum Gasteiger partial charge on any atom is 0.331 e. The van der Waals surface area contributed by atoms with Crippen molar-refractivity contribution in [2.24, 2.45) is 0 Å². The minimum atomic E-state index is -0.871. The zero-order valence-electron chi connectivity index (χ0n) is 16.7. The number of carbonyl (C=O) groups excluding carboxylic acids is 2. The summed E-state index contributed by atoms with van der Waals surface area (Å²) < 4.78 is 16.5. The van der Waals surface area contributed by atoms with E-state index in [1.165, 1.54) is 6.08 Å². The highest BCUT2D eigenvalue weighted by Crippen LogP contribution is 2.30. The maximum absolute atomic E-state index is 12.4. The van der Waals surface area contributed by atoms with Crippen LogP contribution in [-0.4, -0.2) is 43.1 Å². The Kier molecular flexibility index (Phi) is 6.89. The van der Waals surface area contributed by atoms with Crippen molar-refractivity contribution in [2.75, 3.05) is 20.3 Å². The van der Waals surface area contributed by atoms with E-state index in [0.717, 1.165) is 17.5 Å². The minimum Gasteiger partial charge on any atom is -0.490 e. The van der Waals surface area contributed by atoms with E-state index in [1.54, 1.807) is 24.9 Å². The number of amides is 1. The smallest absolute Gasteiger partial charge is 0.331 e. The Labute approximate surface area is 170 Å². The molecule has 6 heteroatoms. The second-order valence-electron chi connectivity index (χ2n) is 6.85. The fraction of sp³-hybridized carbons (Fsp3) is 0.304. The molecule has 0 unspecified atom stereocenters. The van der Waals surface area contributed by atoms with Gasteiger partial charge in [-0.3, -0.25) is 4.79 Å². The van der Waals surface area contributed by atoms with Gasteiger partial charge in [-0.2, -0.15) is 0 Å². The summed E-state index contributed by atoms with van der Waals surface area (Å²) in [7, 11) is 1.69. The number of likely N-dealkylation sites (N-methyl/N-ethyl adjacent to an activating group) is 1.